The van der Waals surface area contributed by atoms with Crippen molar-refractivity contribution in [1.82, 2.24) is 9.97 Å². The standard InChI is InChI=1S/C15H14N4O3/c16-13(21)11-8-17-14(10-4-2-1-3-5-10)18-15(11)19-6-7-22-9-12(19)20/h1-5,8H,6-7,9H2,(H2,16,21). The molecule has 0 bridgehead atoms. The number of morpholine rings is 1. The Kier molecular flexibility index (Phi) is 3.80. The predicted molar refractivity (Wildman–Crippen MR) is 79.2 cm³/mol. The van der Waals surface area contributed by atoms with E-state index in [0.29, 0.717) is 19.0 Å². The molecular weight excluding hydrogens is 284 g/mol. The van der Waals surface area contributed by atoms with E-state index in [4.69, 9.17) is 10.5 Å². The molecule has 2 N–H and O–H groups in total. The molecule has 0 spiro atoms. The highest BCUT2D eigenvalue weighted by molar-refractivity contribution is 6.03. The Morgan fingerprint density at radius 3 is 2.73 bits per heavy atom. The highest BCUT2D eigenvalue weighted by Crippen LogP contribution is 2.23. The minimum Gasteiger partial charge on any atom is -0.370 e. The van der Waals surface area contributed by atoms with Crippen LogP contribution in [0.5, 0.6) is 0 Å². The lowest BCUT2D eigenvalue weighted by atomic mass is 10.2. The molecule has 2 amide bonds. The van der Waals surface area contributed by atoms with E-state index in [-0.39, 0.29) is 23.9 Å². The van der Waals surface area contributed by atoms with E-state index in [1.807, 2.05) is 30.3 Å². The fourth-order valence-electron chi connectivity index (χ4n) is 2.22. The van der Waals surface area contributed by atoms with Gasteiger partial charge in [0.15, 0.2) is 11.6 Å². The maximum atomic E-state index is 12.0. The average Bonchev–Trinajstić information content (AvgIpc) is 2.55. The Morgan fingerprint density at radius 1 is 1.27 bits per heavy atom. The van der Waals surface area contributed by atoms with Crippen LogP contribution in [0, 0.1) is 0 Å². The third-order valence-corrected chi connectivity index (χ3v) is 3.31. The van der Waals surface area contributed by atoms with Gasteiger partial charge >= 0.3 is 0 Å². The first-order chi connectivity index (χ1) is 10.7. The van der Waals surface area contributed by atoms with E-state index in [2.05, 4.69) is 9.97 Å². The average molecular weight is 298 g/mol. The number of hydrogen-bond acceptors (Lipinski definition) is 5. The molecule has 1 aromatic carbocycles. The number of carbonyl (C=O) groups excluding carboxylic acids is 2. The lowest BCUT2D eigenvalue weighted by molar-refractivity contribution is -0.125. The summed E-state index contributed by atoms with van der Waals surface area (Å²) >= 11 is 0. The van der Waals surface area contributed by atoms with E-state index in [0.717, 1.165) is 5.56 Å². The molecule has 22 heavy (non-hydrogen) atoms. The Bertz CT molecular complexity index is 718. The van der Waals surface area contributed by atoms with E-state index in [1.54, 1.807) is 0 Å². The second-order valence-corrected chi connectivity index (χ2v) is 4.76. The molecule has 1 saturated heterocycles. The number of benzene rings is 1. The zero-order valence-electron chi connectivity index (χ0n) is 11.7. The molecule has 3 rings (SSSR count). The summed E-state index contributed by atoms with van der Waals surface area (Å²) in [5, 5.41) is 0. The van der Waals surface area contributed by atoms with Crippen LogP contribution < -0.4 is 10.6 Å². The van der Waals surface area contributed by atoms with Gasteiger partial charge in [-0.05, 0) is 0 Å². The smallest absolute Gasteiger partial charge is 0.254 e. The summed E-state index contributed by atoms with van der Waals surface area (Å²) in [7, 11) is 0. The maximum absolute atomic E-state index is 12.0. The number of nitrogens with two attached hydrogens (primary N) is 1. The van der Waals surface area contributed by atoms with Gasteiger partial charge in [0.1, 0.15) is 12.2 Å². The van der Waals surface area contributed by atoms with Gasteiger partial charge in [0, 0.05) is 11.8 Å². The van der Waals surface area contributed by atoms with Crippen LogP contribution in [0.3, 0.4) is 0 Å². The summed E-state index contributed by atoms with van der Waals surface area (Å²) in [4.78, 5) is 33.6. The van der Waals surface area contributed by atoms with E-state index in [9.17, 15) is 9.59 Å². The number of anilines is 1. The number of hydrogen-bond donors (Lipinski definition) is 1. The second-order valence-electron chi connectivity index (χ2n) is 4.76. The van der Waals surface area contributed by atoms with E-state index < -0.39 is 5.91 Å². The van der Waals surface area contributed by atoms with Crippen LogP contribution >= 0.6 is 0 Å². The molecule has 1 aliphatic heterocycles. The fraction of sp³-hybridized carbons (Fsp3) is 0.200. The van der Waals surface area contributed by atoms with Crippen LogP contribution in [-0.2, 0) is 9.53 Å². The van der Waals surface area contributed by atoms with Gasteiger partial charge in [-0.3, -0.25) is 14.5 Å². The normalized spacial score (nSPS) is 14.9. The highest BCUT2D eigenvalue weighted by Gasteiger charge is 2.26. The first kappa shape index (κ1) is 14.2. The van der Waals surface area contributed by atoms with Crippen LogP contribution in [0.1, 0.15) is 10.4 Å². The van der Waals surface area contributed by atoms with Gasteiger partial charge < -0.3 is 10.5 Å². The molecule has 2 aromatic rings. The molecule has 2 heterocycles. The Hall–Kier alpha value is -2.80. The number of carbonyl (C=O) groups is 2. The summed E-state index contributed by atoms with van der Waals surface area (Å²) in [5.74, 6) is -0.269. The number of amides is 2. The van der Waals surface area contributed by atoms with Crippen molar-refractivity contribution in [3.8, 4) is 11.4 Å². The minimum absolute atomic E-state index is 0.0388. The van der Waals surface area contributed by atoms with E-state index in [1.165, 1.54) is 11.1 Å². The first-order valence-corrected chi connectivity index (χ1v) is 6.77. The summed E-state index contributed by atoms with van der Waals surface area (Å²) in [6.07, 6.45) is 1.36. The summed E-state index contributed by atoms with van der Waals surface area (Å²) < 4.78 is 5.10. The van der Waals surface area contributed by atoms with Crippen molar-refractivity contribution in [2.45, 2.75) is 0 Å². The molecule has 0 saturated carbocycles. The second kappa shape index (κ2) is 5.90. The Morgan fingerprint density at radius 2 is 2.05 bits per heavy atom. The number of ether oxygens (including phenoxy) is 1. The third kappa shape index (κ3) is 2.66. The molecule has 0 unspecified atom stereocenters. The molecule has 1 aliphatic rings. The molecule has 1 aromatic heterocycles. The summed E-state index contributed by atoms with van der Waals surface area (Å²) in [6.45, 7) is 0.668. The molecule has 112 valence electrons. The number of primary amides is 1. The van der Waals surface area contributed by atoms with Gasteiger partial charge in [-0.25, -0.2) is 9.97 Å². The zero-order valence-corrected chi connectivity index (χ0v) is 11.7. The topological polar surface area (TPSA) is 98.4 Å². The maximum Gasteiger partial charge on any atom is 0.254 e. The van der Waals surface area contributed by atoms with Gasteiger partial charge in [-0.2, -0.15) is 0 Å². The van der Waals surface area contributed by atoms with Gasteiger partial charge in [0.2, 0.25) is 0 Å². The number of nitrogens with zero attached hydrogens (tertiary/aromatic N) is 3. The number of rotatable bonds is 3. The SMILES string of the molecule is NC(=O)c1cnc(-c2ccccc2)nc1N1CCOCC1=O. The summed E-state index contributed by atoms with van der Waals surface area (Å²) in [6, 6.07) is 9.31. The van der Waals surface area contributed by atoms with Gasteiger partial charge in [-0.15, -0.1) is 0 Å². The van der Waals surface area contributed by atoms with Crippen molar-refractivity contribution < 1.29 is 14.3 Å². The van der Waals surface area contributed by atoms with Crippen molar-refractivity contribution in [1.29, 1.82) is 0 Å². The molecule has 0 aliphatic carbocycles. The van der Waals surface area contributed by atoms with Crippen LogP contribution in [-0.4, -0.2) is 41.5 Å². The zero-order chi connectivity index (χ0) is 15.5. The lowest BCUT2D eigenvalue weighted by Gasteiger charge is -2.27. The highest BCUT2D eigenvalue weighted by atomic mass is 16.5. The van der Waals surface area contributed by atoms with Crippen LogP contribution in [0.2, 0.25) is 0 Å². The molecular formula is C15H14N4O3. The molecule has 7 heteroatoms. The molecule has 1 fully saturated rings. The third-order valence-electron chi connectivity index (χ3n) is 3.31. The Labute approximate surface area is 126 Å². The van der Waals surface area contributed by atoms with Crippen molar-refractivity contribution in [2.24, 2.45) is 5.73 Å². The van der Waals surface area contributed by atoms with Crippen molar-refractivity contribution >= 4 is 17.6 Å². The van der Waals surface area contributed by atoms with Gasteiger partial charge in [-0.1, -0.05) is 30.3 Å². The van der Waals surface area contributed by atoms with Crippen molar-refractivity contribution in [2.75, 3.05) is 24.7 Å². The fourth-order valence-corrected chi connectivity index (χ4v) is 2.22. The molecule has 7 nitrogen and oxygen atoms in total. The van der Waals surface area contributed by atoms with Crippen LogP contribution in [0.15, 0.2) is 36.5 Å². The van der Waals surface area contributed by atoms with Crippen LogP contribution in [0.4, 0.5) is 5.82 Å². The van der Waals surface area contributed by atoms with Crippen LogP contribution in [0.25, 0.3) is 11.4 Å². The Balaban J connectivity index is 2.09. The quantitative estimate of drug-likeness (QED) is 0.895. The summed E-state index contributed by atoms with van der Waals surface area (Å²) in [5.41, 5.74) is 6.28. The largest absolute Gasteiger partial charge is 0.370 e. The molecule has 0 atom stereocenters. The molecule has 0 radical (unpaired) electrons. The first-order valence-electron chi connectivity index (χ1n) is 6.77. The van der Waals surface area contributed by atoms with Gasteiger partial charge in [0.05, 0.1) is 13.2 Å². The van der Waals surface area contributed by atoms with Gasteiger partial charge in [0.25, 0.3) is 11.8 Å². The minimum atomic E-state index is -0.672. The predicted octanol–water partition coefficient (Wildman–Crippen LogP) is 0.606. The van der Waals surface area contributed by atoms with E-state index >= 15 is 0 Å². The monoisotopic (exact) mass is 298 g/mol. The number of aromatic nitrogens is 2. The van der Waals surface area contributed by atoms with Crippen molar-refractivity contribution in [3.05, 3.63) is 42.1 Å². The lowest BCUT2D eigenvalue weighted by Crippen LogP contribution is -2.43. The van der Waals surface area contributed by atoms with Crippen molar-refractivity contribution in [3.63, 3.8) is 0 Å².